The number of hydrogen-bond donors (Lipinski definition) is 0. The first kappa shape index (κ1) is 19.0. The van der Waals surface area contributed by atoms with Crippen molar-refractivity contribution in [1.29, 1.82) is 0 Å². The van der Waals surface area contributed by atoms with Gasteiger partial charge in [-0.25, -0.2) is 0 Å². The molecule has 0 unspecified atom stereocenters. The minimum atomic E-state index is -0.969. The molecule has 7 nitrogen and oxygen atoms in total. The zero-order chi connectivity index (χ0) is 20.8. The summed E-state index contributed by atoms with van der Waals surface area (Å²) in [5.41, 5.74) is 0.107. The van der Waals surface area contributed by atoms with Crippen LogP contribution in [0.2, 0.25) is 0 Å². The largest absolute Gasteiger partial charge is 0.493 e. The van der Waals surface area contributed by atoms with Crippen molar-refractivity contribution in [2.24, 2.45) is 0 Å². The molecule has 7 heteroatoms. The molecule has 152 valence electrons. The lowest BCUT2D eigenvalue weighted by Crippen LogP contribution is -2.36. The standard InChI is InChI=1S/C22H22O7/c1-22(21-7-12-6-17(24-2)19(26-4)9-15(12)28-21)11-14(23)13-8-18(25-3)20(27-5)10-16(13)29-22/h6-10H,11H2,1-5H3/t22-/m1/s1. The molecule has 1 aromatic heterocycles. The first-order valence-electron chi connectivity index (χ1n) is 9.06. The minimum Gasteiger partial charge on any atom is -0.493 e. The van der Waals surface area contributed by atoms with Gasteiger partial charge in [0.1, 0.15) is 17.1 Å². The van der Waals surface area contributed by atoms with Crippen LogP contribution in [0.1, 0.15) is 29.5 Å². The van der Waals surface area contributed by atoms with Crippen molar-refractivity contribution in [3.63, 3.8) is 0 Å². The van der Waals surface area contributed by atoms with Crippen molar-refractivity contribution >= 4 is 16.8 Å². The summed E-state index contributed by atoms with van der Waals surface area (Å²) in [4.78, 5) is 12.9. The van der Waals surface area contributed by atoms with Gasteiger partial charge in [0, 0.05) is 17.5 Å². The molecule has 0 fully saturated rings. The number of furan rings is 1. The topological polar surface area (TPSA) is 76.4 Å². The van der Waals surface area contributed by atoms with Crippen LogP contribution in [0.25, 0.3) is 11.0 Å². The van der Waals surface area contributed by atoms with Gasteiger partial charge in [-0.3, -0.25) is 4.79 Å². The number of Topliss-reactive ketones (excluding diaryl/α,β-unsaturated/α-hetero) is 1. The fraction of sp³-hybridized carbons (Fsp3) is 0.318. The second-order valence-electron chi connectivity index (χ2n) is 6.99. The molecule has 4 rings (SSSR count). The summed E-state index contributed by atoms with van der Waals surface area (Å²) in [7, 11) is 6.21. The molecule has 1 aliphatic rings. The van der Waals surface area contributed by atoms with Gasteiger partial charge in [0.2, 0.25) is 0 Å². The van der Waals surface area contributed by atoms with Crippen molar-refractivity contribution in [3.8, 4) is 28.7 Å². The van der Waals surface area contributed by atoms with Crippen LogP contribution in [0.5, 0.6) is 28.7 Å². The summed E-state index contributed by atoms with van der Waals surface area (Å²) in [5.74, 6) is 3.03. The highest BCUT2D eigenvalue weighted by molar-refractivity contribution is 6.01. The monoisotopic (exact) mass is 398 g/mol. The van der Waals surface area contributed by atoms with Crippen LogP contribution in [-0.4, -0.2) is 34.2 Å². The molecule has 0 spiro atoms. The lowest BCUT2D eigenvalue weighted by atomic mass is 9.89. The third kappa shape index (κ3) is 3.03. The molecule has 2 heterocycles. The molecule has 1 aliphatic heterocycles. The molecule has 0 radical (unpaired) electrons. The van der Waals surface area contributed by atoms with Gasteiger partial charge >= 0.3 is 0 Å². The van der Waals surface area contributed by atoms with Crippen LogP contribution in [0.15, 0.2) is 34.7 Å². The number of benzene rings is 2. The number of carbonyl (C=O) groups is 1. The highest BCUT2D eigenvalue weighted by Crippen LogP contribution is 2.45. The molecule has 0 amide bonds. The summed E-state index contributed by atoms with van der Waals surface area (Å²) in [6.45, 7) is 1.83. The van der Waals surface area contributed by atoms with Gasteiger partial charge in [-0.2, -0.15) is 0 Å². The van der Waals surface area contributed by atoms with Gasteiger partial charge in [0.05, 0.1) is 40.4 Å². The van der Waals surface area contributed by atoms with E-state index >= 15 is 0 Å². The number of methoxy groups -OCH3 is 4. The molecule has 2 aromatic carbocycles. The van der Waals surface area contributed by atoms with Crippen molar-refractivity contribution in [2.45, 2.75) is 18.9 Å². The Balaban J connectivity index is 1.79. The molecule has 0 aliphatic carbocycles. The zero-order valence-corrected chi connectivity index (χ0v) is 17.0. The van der Waals surface area contributed by atoms with Gasteiger partial charge < -0.3 is 28.1 Å². The van der Waals surface area contributed by atoms with Crippen LogP contribution in [-0.2, 0) is 5.60 Å². The number of fused-ring (bicyclic) bond motifs is 2. The van der Waals surface area contributed by atoms with Crippen molar-refractivity contribution in [3.05, 3.63) is 41.7 Å². The Bertz CT molecular complexity index is 1060. The number of rotatable bonds is 5. The summed E-state index contributed by atoms with van der Waals surface area (Å²) < 4.78 is 33.6. The highest BCUT2D eigenvalue weighted by Gasteiger charge is 2.41. The zero-order valence-electron chi connectivity index (χ0n) is 17.0. The van der Waals surface area contributed by atoms with Crippen LogP contribution in [0.3, 0.4) is 0 Å². The van der Waals surface area contributed by atoms with Crippen molar-refractivity contribution < 1.29 is 32.9 Å². The van der Waals surface area contributed by atoms with E-state index in [9.17, 15) is 4.79 Å². The minimum absolute atomic E-state index is 0.0645. The summed E-state index contributed by atoms with van der Waals surface area (Å²) in [5, 5.41) is 0.827. The number of hydrogen-bond acceptors (Lipinski definition) is 7. The third-order valence-electron chi connectivity index (χ3n) is 5.16. The predicted octanol–water partition coefficient (Wildman–Crippen LogP) is 4.35. The SMILES string of the molecule is COc1cc2c(cc1OC)C(=O)C[C@](C)(c1cc3cc(OC)c(OC)cc3o1)O2. The molecular weight excluding hydrogens is 376 g/mol. The molecule has 0 saturated carbocycles. The van der Waals surface area contributed by atoms with Crippen LogP contribution < -0.4 is 23.7 Å². The highest BCUT2D eigenvalue weighted by atomic mass is 16.5. The maximum Gasteiger partial charge on any atom is 0.171 e. The van der Waals surface area contributed by atoms with E-state index < -0.39 is 5.60 Å². The van der Waals surface area contributed by atoms with Crippen molar-refractivity contribution in [2.75, 3.05) is 28.4 Å². The quantitative estimate of drug-likeness (QED) is 0.632. The fourth-order valence-electron chi connectivity index (χ4n) is 3.61. The van der Waals surface area contributed by atoms with Gasteiger partial charge in [-0.15, -0.1) is 0 Å². The van der Waals surface area contributed by atoms with E-state index in [1.807, 2.05) is 19.1 Å². The molecular formula is C22H22O7. The molecule has 0 N–H and O–H groups in total. The summed E-state index contributed by atoms with van der Waals surface area (Å²) in [6, 6.07) is 8.75. The van der Waals surface area contributed by atoms with E-state index in [0.29, 0.717) is 45.7 Å². The van der Waals surface area contributed by atoms with Gasteiger partial charge in [-0.05, 0) is 25.1 Å². The Morgan fingerprint density at radius 2 is 1.41 bits per heavy atom. The van der Waals surface area contributed by atoms with Crippen LogP contribution in [0, 0.1) is 0 Å². The maximum absolute atomic E-state index is 12.9. The fourth-order valence-corrected chi connectivity index (χ4v) is 3.61. The average molecular weight is 398 g/mol. The Hall–Kier alpha value is -3.35. The number of carbonyl (C=O) groups excluding carboxylic acids is 1. The predicted molar refractivity (Wildman–Crippen MR) is 106 cm³/mol. The smallest absolute Gasteiger partial charge is 0.171 e. The molecule has 29 heavy (non-hydrogen) atoms. The van der Waals surface area contributed by atoms with E-state index in [-0.39, 0.29) is 12.2 Å². The normalized spacial score (nSPS) is 18.2. The Morgan fingerprint density at radius 1 is 0.828 bits per heavy atom. The van der Waals surface area contributed by atoms with Crippen LogP contribution >= 0.6 is 0 Å². The van der Waals surface area contributed by atoms with Crippen molar-refractivity contribution in [1.82, 2.24) is 0 Å². The lowest BCUT2D eigenvalue weighted by Gasteiger charge is -2.33. The van der Waals surface area contributed by atoms with Gasteiger partial charge in [0.25, 0.3) is 0 Å². The van der Waals surface area contributed by atoms with Gasteiger partial charge in [0.15, 0.2) is 34.4 Å². The Kier molecular flexibility index (Phi) is 4.53. The third-order valence-corrected chi connectivity index (χ3v) is 5.16. The number of ketones is 1. The molecule has 0 bridgehead atoms. The average Bonchev–Trinajstić information content (AvgIpc) is 3.15. The molecule has 3 aromatic rings. The van der Waals surface area contributed by atoms with Crippen LogP contribution in [0.4, 0.5) is 0 Å². The van der Waals surface area contributed by atoms with E-state index in [1.165, 1.54) is 14.2 Å². The maximum atomic E-state index is 12.9. The molecule has 1 atom stereocenters. The Labute approximate surface area is 168 Å². The first-order chi connectivity index (χ1) is 13.9. The molecule has 0 saturated heterocycles. The number of ether oxygens (including phenoxy) is 5. The second-order valence-corrected chi connectivity index (χ2v) is 6.99. The van der Waals surface area contributed by atoms with Gasteiger partial charge in [-0.1, -0.05) is 0 Å². The van der Waals surface area contributed by atoms with E-state index in [0.717, 1.165) is 5.39 Å². The first-order valence-corrected chi connectivity index (χ1v) is 9.06. The Morgan fingerprint density at radius 3 is 2.07 bits per heavy atom. The lowest BCUT2D eigenvalue weighted by molar-refractivity contribution is 0.0369. The van der Waals surface area contributed by atoms with E-state index in [2.05, 4.69) is 0 Å². The second kappa shape index (κ2) is 6.92. The summed E-state index contributed by atoms with van der Waals surface area (Å²) in [6.07, 6.45) is 0.129. The summed E-state index contributed by atoms with van der Waals surface area (Å²) >= 11 is 0. The van der Waals surface area contributed by atoms with E-state index in [1.54, 1.807) is 32.4 Å². The van der Waals surface area contributed by atoms with E-state index in [4.69, 9.17) is 28.1 Å².